The third kappa shape index (κ3) is 7.68. The lowest BCUT2D eigenvalue weighted by molar-refractivity contribution is 0.211. The van der Waals surface area contributed by atoms with Crippen molar-refractivity contribution in [1.29, 1.82) is 0 Å². The number of hydrogen-bond acceptors (Lipinski definition) is 6. The molecule has 0 radical (unpaired) electrons. The second-order valence-electron chi connectivity index (χ2n) is 7.62. The van der Waals surface area contributed by atoms with Crippen LogP contribution in [0.3, 0.4) is 0 Å². The molecule has 0 unspecified atom stereocenters. The zero-order valence-corrected chi connectivity index (χ0v) is 19.3. The summed E-state index contributed by atoms with van der Waals surface area (Å²) < 4.78 is 13.6. The van der Waals surface area contributed by atoms with Gasteiger partial charge < -0.3 is 34.9 Å². The molecular formula is C22H34N6O2S. The topological polar surface area (TPSA) is 75.6 Å². The van der Waals surface area contributed by atoms with Crippen LogP contribution in [0.15, 0.2) is 30.7 Å². The maximum absolute atomic E-state index is 6.01. The third-order valence-electron chi connectivity index (χ3n) is 5.29. The van der Waals surface area contributed by atoms with Crippen molar-refractivity contribution in [3.8, 4) is 11.5 Å². The highest BCUT2D eigenvalue weighted by Crippen LogP contribution is 2.30. The van der Waals surface area contributed by atoms with E-state index in [1.165, 1.54) is 5.69 Å². The molecule has 1 fully saturated rings. The first-order valence-electron chi connectivity index (χ1n) is 10.9. The number of anilines is 1. The maximum atomic E-state index is 6.01. The van der Waals surface area contributed by atoms with Crippen LogP contribution in [0.1, 0.15) is 18.5 Å². The fourth-order valence-corrected chi connectivity index (χ4v) is 3.74. The molecule has 0 bridgehead atoms. The van der Waals surface area contributed by atoms with Gasteiger partial charge in [0.05, 0.1) is 20.0 Å². The molecule has 0 aliphatic carbocycles. The van der Waals surface area contributed by atoms with Crippen molar-refractivity contribution in [2.24, 2.45) is 0 Å². The minimum Gasteiger partial charge on any atom is -0.493 e. The van der Waals surface area contributed by atoms with Gasteiger partial charge >= 0.3 is 0 Å². The molecule has 0 saturated carbocycles. The van der Waals surface area contributed by atoms with Gasteiger partial charge in [-0.3, -0.25) is 0 Å². The van der Waals surface area contributed by atoms with Crippen LogP contribution in [-0.4, -0.2) is 72.5 Å². The SMILES string of the molecule is COc1ccc(NC(=S)NCCCn2cncc2C)cc1OCCCN1CCNCC1. The number of ether oxygens (including phenoxy) is 2. The predicted molar refractivity (Wildman–Crippen MR) is 128 cm³/mol. The van der Waals surface area contributed by atoms with Gasteiger partial charge in [-0.25, -0.2) is 4.98 Å². The van der Waals surface area contributed by atoms with Gasteiger partial charge in [0.15, 0.2) is 16.6 Å². The number of methoxy groups -OCH3 is 1. The number of nitrogens with one attached hydrogen (secondary N) is 3. The van der Waals surface area contributed by atoms with Gasteiger partial charge in [0.1, 0.15) is 0 Å². The Balaban J connectivity index is 1.40. The predicted octanol–water partition coefficient (Wildman–Crippen LogP) is 2.25. The molecule has 0 amide bonds. The van der Waals surface area contributed by atoms with Crippen molar-refractivity contribution in [3.05, 3.63) is 36.4 Å². The van der Waals surface area contributed by atoms with Gasteiger partial charge in [-0.15, -0.1) is 0 Å². The van der Waals surface area contributed by atoms with E-state index in [4.69, 9.17) is 21.7 Å². The lowest BCUT2D eigenvalue weighted by Crippen LogP contribution is -2.43. The van der Waals surface area contributed by atoms with Crippen LogP contribution in [0.4, 0.5) is 5.69 Å². The van der Waals surface area contributed by atoms with Crippen LogP contribution in [0.25, 0.3) is 0 Å². The van der Waals surface area contributed by atoms with Crippen LogP contribution in [0.5, 0.6) is 11.5 Å². The number of benzene rings is 1. The van der Waals surface area contributed by atoms with Crippen molar-refractivity contribution < 1.29 is 9.47 Å². The first-order valence-corrected chi connectivity index (χ1v) is 11.3. The van der Waals surface area contributed by atoms with E-state index in [9.17, 15) is 0 Å². The molecule has 1 aliphatic heterocycles. The molecule has 31 heavy (non-hydrogen) atoms. The fourth-order valence-electron chi connectivity index (χ4n) is 3.52. The molecule has 9 heteroatoms. The van der Waals surface area contributed by atoms with Crippen LogP contribution < -0.4 is 25.4 Å². The summed E-state index contributed by atoms with van der Waals surface area (Å²) in [6, 6.07) is 5.78. The molecule has 1 aliphatic rings. The zero-order valence-electron chi connectivity index (χ0n) is 18.5. The Morgan fingerprint density at radius 3 is 2.77 bits per heavy atom. The molecule has 3 rings (SSSR count). The van der Waals surface area contributed by atoms with Gasteiger partial charge in [-0.05, 0) is 44.1 Å². The normalized spacial score (nSPS) is 14.3. The summed E-state index contributed by atoms with van der Waals surface area (Å²) >= 11 is 5.43. The quantitative estimate of drug-likeness (QED) is 0.359. The average molecular weight is 447 g/mol. The largest absolute Gasteiger partial charge is 0.493 e. The highest BCUT2D eigenvalue weighted by Gasteiger charge is 2.10. The fraction of sp³-hybridized carbons (Fsp3) is 0.545. The van der Waals surface area contributed by atoms with Gasteiger partial charge in [-0.2, -0.15) is 0 Å². The van der Waals surface area contributed by atoms with Crippen LogP contribution in [-0.2, 0) is 6.54 Å². The zero-order chi connectivity index (χ0) is 21.9. The van der Waals surface area contributed by atoms with Gasteiger partial charge in [0.2, 0.25) is 0 Å². The number of piperazine rings is 1. The summed E-state index contributed by atoms with van der Waals surface area (Å²) in [5.41, 5.74) is 2.04. The van der Waals surface area contributed by atoms with E-state index in [1.54, 1.807) is 7.11 Å². The molecule has 3 N–H and O–H groups in total. The second-order valence-corrected chi connectivity index (χ2v) is 8.03. The summed E-state index contributed by atoms with van der Waals surface area (Å²) in [5, 5.41) is 10.5. The first kappa shape index (κ1) is 23.3. The van der Waals surface area contributed by atoms with Crippen LogP contribution in [0.2, 0.25) is 0 Å². The molecule has 2 aromatic rings. The summed E-state index contributed by atoms with van der Waals surface area (Å²) in [6.07, 6.45) is 5.67. The molecule has 1 aromatic heterocycles. The van der Waals surface area contributed by atoms with Crippen LogP contribution >= 0.6 is 12.2 Å². The molecule has 1 aromatic carbocycles. The van der Waals surface area contributed by atoms with E-state index in [0.717, 1.165) is 75.8 Å². The molecular weight excluding hydrogens is 412 g/mol. The standard InChI is InChI=1S/C22H34N6O2S/c1-18-16-24-17-28(18)11-3-7-25-22(31)26-19-5-6-20(29-2)21(15-19)30-14-4-10-27-12-8-23-9-13-27/h5-6,15-17,23H,3-4,7-14H2,1-2H3,(H2,25,26,31). The number of thiocarbonyl (C=S) groups is 1. The Morgan fingerprint density at radius 1 is 1.19 bits per heavy atom. The summed E-state index contributed by atoms with van der Waals surface area (Å²) in [4.78, 5) is 6.61. The Kier molecular flexibility index (Phi) is 9.39. The number of hydrogen-bond donors (Lipinski definition) is 3. The number of rotatable bonds is 11. The lowest BCUT2D eigenvalue weighted by atomic mass is 10.2. The van der Waals surface area contributed by atoms with Crippen molar-refractivity contribution in [1.82, 2.24) is 25.1 Å². The van der Waals surface area contributed by atoms with Crippen LogP contribution in [0, 0.1) is 6.92 Å². The molecule has 0 atom stereocenters. The van der Waals surface area contributed by atoms with Crippen molar-refractivity contribution >= 4 is 23.0 Å². The van der Waals surface area contributed by atoms with E-state index < -0.39 is 0 Å². The molecule has 170 valence electrons. The van der Waals surface area contributed by atoms with E-state index in [0.29, 0.717) is 11.7 Å². The Morgan fingerprint density at radius 2 is 2.03 bits per heavy atom. The molecule has 0 spiro atoms. The highest BCUT2D eigenvalue weighted by atomic mass is 32.1. The van der Waals surface area contributed by atoms with Crippen molar-refractivity contribution in [3.63, 3.8) is 0 Å². The monoisotopic (exact) mass is 446 g/mol. The average Bonchev–Trinajstić information content (AvgIpc) is 3.20. The summed E-state index contributed by atoms with van der Waals surface area (Å²) in [5.74, 6) is 1.45. The smallest absolute Gasteiger partial charge is 0.170 e. The van der Waals surface area contributed by atoms with Gasteiger partial charge in [0.25, 0.3) is 0 Å². The van der Waals surface area contributed by atoms with Crippen molar-refractivity contribution in [2.45, 2.75) is 26.3 Å². The van der Waals surface area contributed by atoms with E-state index in [1.807, 2.05) is 30.7 Å². The number of aromatic nitrogens is 2. The van der Waals surface area contributed by atoms with Gasteiger partial charge in [0, 0.05) is 69.5 Å². The number of nitrogens with zero attached hydrogens (tertiary/aromatic N) is 3. The molecule has 2 heterocycles. The Labute approximate surface area is 190 Å². The van der Waals surface area contributed by atoms with E-state index >= 15 is 0 Å². The molecule has 8 nitrogen and oxygen atoms in total. The Bertz CT molecular complexity index is 822. The Hall–Kier alpha value is -2.36. The van der Waals surface area contributed by atoms with Gasteiger partial charge in [-0.1, -0.05) is 0 Å². The number of aryl methyl sites for hydroxylation is 2. The minimum atomic E-state index is 0.595. The van der Waals surface area contributed by atoms with Crippen molar-refractivity contribution in [2.75, 3.05) is 58.3 Å². The number of imidazole rings is 1. The minimum absolute atomic E-state index is 0.595. The summed E-state index contributed by atoms with van der Waals surface area (Å²) in [6.45, 7) is 9.81. The highest BCUT2D eigenvalue weighted by molar-refractivity contribution is 7.80. The van der Waals surface area contributed by atoms with E-state index in [2.05, 4.69) is 37.3 Å². The van der Waals surface area contributed by atoms with E-state index in [-0.39, 0.29) is 0 Å². The first-order chi connectivity index (χ1) is 15.2. The second kappa shape index (κ2) is 12.5. The lowest BCUT2D eigenvalue weighted by Gasteiger charge is -2.27. The maximum Gasteiger partial charge on any atom is 0.170 e. The third-order valence-corrected chi connectivity index (χ3v) is 5.54. The summed E-state index contributed by atoms with van der Waals surface area (Å²) in [7, 11) is 1.66. The molecule has 1 saturated heterocycles.